The summed E-state index contributed by atoms with van der Waals surface area (Å²) in [6.07, 6.45) is -1.19. The molecular formula is C23H32BrFN8O6. The lowest BCUT2D eigenvalue weighted by Gasteiger charge is -2.22. The third-order valence-corrected chi connectivity index (χ3v) is 4.71. The summed E-state index contributed by atoms with van der Waals surface area (Å²) in [6.45, 7) is 10.7. The Bertz CT molecular complexity index is 1170. The first-order valence-electron chi connectivity index (χ1n) is 11.7. The Morgan fingerprint density at radius 1 is 1.08 bits per heavy atom. The summed E-state index contributed by atoms with van der Waals surface area (Å²) in [5.74, 6) is -0.543. The van der Waals surface area contributed by atoms with Gasteiger partial charge in [0.05, 0.1) is 10.2 Å². The van der Waals surface area contributed by atoms with Gasteiger partial charge in [0.1, 0.15) is 17.0 Å². The van der Waals surface area contributed by atoms with Crippen molar-refractivity contribution in [1.29, 1.82) is 0 Å². The molecule has 5 N–H and O–H groups in total. The lowest BCUT2D eigenvalue weighted by atomic mass is 10.2. The summed E-state index contributed by atoms with van der Waals surface area (Å²) < 4.78 is 28.9. The van der Waals surface area contributed by atoms with Gasteiger partial charge in [-0.3, -0.25) is 26.3 Å². The second-order valence-electron chi connectivity index (χ2n) is 9.90. The van der Waals surface area contributed by atoms with Crippen LogP contribution in [-0.4, -0.2) is 63.8 Å². The lowest BCUT2D eigenvalue weighted by Crippen LogP contribution is -2.47. The van der Waals surface area contributed by atoms with Crippen molar-refractivity contribution in [3.05, 3.63) is 34.2 Å². The van der Waals surface area contributed by atoms with Crippen molar-refractivity contribution in [2.45, 2.75) is 59.2 Å². The van der Waals surface area contributed by atoms with Crippen molar-refractivity contribution in [3.8, 4) is 0 Å². The number of ether oxygens (including phenoxy) is 2. The Kier molecular flexibility index (Phi) is 11.2. The topological polar surface area (TPSA) is 185 Å². The average Bonchev–Trinajstić information content (AvgIpc) is 3.25. The van der Waals surface area contributed by atoms with Crippen LogP contribution in [0.4, 0.5) is 25.5 Å². The van der Waals surface area contributed by atoms with Gasteiger partial charge in [0, 0.05) is 13.1 Å². The molecular weight excluding hydrogens is 583 g/mol. The minimum absolute atomic E-state index is 0.0697. The van der Waals surface area contributed by atoms with E-state index in [-0.39, 0.29) is 34.3 Å². The number of hydroxylamine groups is 1. The van der Waals surface area contributed by atoms with Gasteiger partial charge in [-0.15, -0.1) is 0 Å². The van der Waals surface area contributed by atoms with Gasteiger partial charge in [0.15, 0.2) is 11.5 Å². The van der Waals surface area contributed by atoms with Crippen molar-refractivity contribution in [3.63, 3.8) is 0 Å². The van der Waals surface area contributed by atoms with Gasteiger partial charge in [-0.25, -0.2) is 23.6 Å². The molecule has 1 heterocycles. The number of benzene rings is 1. The number of guanidine groups is 1. The highest BCUT2D eigenvalue weighted by Crippen LogP contribution is 2.23. The van der Waals surface area contributed by atoms with E-state index in [1.807, 2.05) is 5.48 Å². The third-order valence-electron chi connectivity index (χ3n) is 4.10. The SMILES string of the molecule is CC(C)(C)OC(=O)NC(=NCCCNc1nonc1C(=Nc1ccc(F)c(Br)c1)NO)NC(=O)OC(C)(C)C. The fourth-order valence-electron chi connectivity index (χ4n) is 2.66. The third kappa shape index (κ3) is 11.6. The molecule has 0 saturated carbocycles. The van der Waals surface area contributed by atoms with Crippen molar-refractivity contribution in [2.24, 2.45) is 9.98 Å². The lowest BCUT2D eigenvalue weighted by molar-refractivity contribution is 0.0545. The molecule has 0 aliphatic heterocycles. The fourth-order valence-corrected chi connectivity index (χ4v) is 3.03. The van der Waals surface area contributed by atoms with Crippen LogP contribution >= 0.6 is 15.9 Å². The molecule has 0 unspecified atom stereocenters. The molecule has 0 spiro atoms. The molecule has 0 bridgehead atoms. The van der Waals surface area contributed by atoms with E-state index in [0.29, 0.717) is 18.7 Å². The van der Waals surface area contributed by atoms with Crippen molar-refractivity contribution >= 4 is 51.4 Å². The number of hydrogen-bond acceptors (Lipinski definition) is 11. The number of nitrogens with one attached hydrogen (secondary N) is 4. The maximum atomic E-state index is 13.5. The molecule has 16 heteroatoms. The Morgan fingerprint density at radius 2 is 1.69 bits per heavy atom. The first-order valence-corrected chi connectivity index (χ1v) is 12.5. The normalized spacial score (nSPS) is 11.9. The molecule has 2 rings (SSSR count). The Morgan fingerprint density at radius 3 is 2.23 bits per heavy atom. The number of carbonyl (C=O) groups excluding carboxylic acids is 2. The van der Waals surface area contributed by atoms with Crippen LogP contribution in [0, 0.1) is 5.82 Å². The van der Waals surface area contributed by atoms with E-state index in [0.717, 1.165) is 0 Å². The second kappa shape index (κ2) is 13.8. The van der Waals surface area contributed by atoms with Gasteiger partial charge in [-0.05, 0) is 92.4 Å². The summed E-state index contributed by atoms with van der Waals surface area (Å²) in [7, 11) is 0. The predicted octanol–water partition coefficient (Wildman–Crippen LogP) is 4.24. The Hall–Kier alpha value is -3.79. The highest BCUT2D eigenvalue weighted by atomic mass is 79.9. The molecule has 0 aliphatic carbocycles. The van der Waals surface area contributed by atoms with Gasteiger partial charge in [0.2, 0.25) is 11.8 Å². The van der Waals surface area contributed by atoms with Crippen LogP contribution in [-0.2, 0) is 9.47 Å². The Labute approximate surface area is 232 Å². The average molecular weight is 615 g/mol. The van der Waals surface area contributed by atoms with Crippen LogP contribution in [0.5, 0.6) is 0 Å². The number of anilines is 1. The zero-order valence-electron chi connectivity index (χ0n) is 22.4. The van der Waals surface area contributed by atoms with Crippen LogP contribution in [0.2, 0.25) is 0 Å². The van der Waals surface area contributed by atoms with Gasteiger partial charge < -0.3 is 14.8 Å². The van der Waals surface area contributed by atoms with Crippen LogP contribution in [0.1, 0.15) is 53.7 Å². The minimum Gasteiger partial charge on any atom is -0.444 e. The Balaban J connectivity index is 2.03. The molecule has 39 heavy (non-hydrogen) atoms. The number of alkyl carbamates (subject to hydrolysis) is 2. The van der Waals surface area contributed by atoms with Crippen molar-refractivity contribution in [2.75, 3.05) is 18.4 Å². The molecule has 14 nitrogen and oxygen atoms in total. The first-order chi connectivity index (χ1) is 18.2. The van der Waals surface area contributed by atoms with E-state index in [4.69, 9.17) is 14.1 Å². The molecule has 1 aromatic heterocycles. The molecule has 0 atom stereocenters. The highest BCUT2D eigenvalue weighted by molar-refractivity contribution is 9.10. The number of aromatic nitrogens is 2. The van der Waals surface area contributed by atoms with Crippen LogP contribution in [0.25, 0.3) is 0 Å². The van der Waals surface area contributed by atoms with Crippen LogP contribution in [0.3, 0.4) is 0 Å². The highest BCUT2D eigenvalue weighted by Gasteiger charge is 2.21. The maximum absolute atomic E-state index is 13.5. The van der Waals surface area contributed by atoms with E-state index >= 15 is 0 Å². The number of halogens is 2. The largest absolute Gasteiger partial charge is 0.444 e. The monoisotopic (exact) mass is 614 g/mol. The summed E-state index contributed by atoms with van der Waals surface area (Å²) in [5.41, 5.74) is 0.806. The number of aliphatic imine (C=N–C) groups is 2. The summed E-state index contributed by atoms with van der Waals surface area (Å²) in [4.78, 5) is 32.7. The molecule has 0 radical (unpaired) electrons. The standard InChI is InChI=1S/C23H32BrFN8O6/c1-22(2,3)37-20(34)29-19(30-21(35)38-23(4,5)6)27-11-7-10-26-17-16(32-39-33-17)18(31-36)28-13-8-9-15(25)14(24)12-13/h8-9,12,36H,7,10-11H2,1-6H3,(H,26,33)(H,28,31)(H2,27,29,30,34,35). The van der Waals surface area contributed by atoms with E-state index in [2.05, 4.69) is 52.2 Å². The molecule has 2 aromatic rings. The fraction of sp³-hybridized carbons (Fsp3) is 0.478. The number of amidine groups is 1. The molecule has 0 aliphatic rings. The van der Waals surface area contributed by atoms with Crippen molar-refractivity contribution < 1.29 is 33.3 Å². The van der Waals surface area contributed by atoms with E-state index in [1.165, 1.54) is 18.2 Å². The van der Waals surface area contributed by atoms with Gasteiger partial charge in [0.25, 0.3) is 0 Å². The summed E-state index contributed by atoms with van der Waals surface area (Å²) in [6, 6.07) is 4.03. The summed E-state index contributed by atoms with van der Waals surface area (Å²) >= 11 is 3.07. The van der Waals surface area contributed by atoms with Gasteiger partial charge >= 0.3 is 12.2 Å². The number of nitrogens with zero attached hydrogens (tertiary/aromatic N) is 4. The first kappa shape index (κ1) is 31.4. The second-order valence-corrected chi connectivity index (χ2v) is 10.8. The number of amides is 2. The van der Waals surface area contributed by atoms with Gasteiger partial charge in [-0.1, -0.05) is 0 Å². The molecule has 2 amide bonds. The summed E-state index contributed by atoms with van der Waals surface area (Å²) in [5, 5.41) is 24.8. The molecule has 0 saturated heterocycles. The van der Waals surface area contributed by atoms with Crippen LogP contribution < -0.4 is 21.4 Å². The number of hydrogen-bond donors (Lipinski definition) is 5. The maximum Gasteiger partial charge on any atom is 0.414 e. The van der Waals surface area contributed by atoms with E-state index in [9.17, 15) is 19.2 Å². The van der Waals surface area contributed by atoms with E-state index in [1.54, 1.807) is 41.5 Å². The molecule has 0 fully saturated rings. The van der Waals surface area contributed by atoms with Gasteiger partial charge in [-0.2, -0.15) is 0 Å². The molecule has 1 aromatic carbocycles. The predicted molar refractivity (Wildman–Crippen MR) is 144 cm³/mol. The van der Waals surface area contributed by atoms with E-state index < -0.39 is 29.2 Å². The number of rotatable bonds is 7. The number of carbonyl (C=O) groups is 2. The molecule has 214 valence electrons. The van der Waals surface area contributed by atoms with Crippen molar-refractivity contribution in [1.82, 2.24) is 26.4 Å². The zero-order chi connectivity index (χ0) is 29.2. The smallest absolute Gasteiger partial charge is 0.414 e. The minimum atomic E-state index is -0.801. The zero-order valence-corrected chi connectivity index (χ0v) is 24.0. The quantitative estimate of drug-likeness (QED) is 0.131. The van der Waals surface area contributed by atoms with Crippen LogP contribution in [0.15, 0.2) is 37.3 Å².